The molecule has 3 atom stereocenters. The van der Waals surface area contributed by atoms with Gasteiger partial charge in [-0.1, -0.05) is 5.16 Å². The van der Waals surface area contributed by atoms with Crippen molar-refractivity contribution in [3.63, 3.8) is 0 Å². The zero-order chi connectivity index (χ0) is 13.3. The van der Waals surface area contributed by atoms with E-state index in [0.717, 1.165) is 19.4 Å². The second-order valence-corrected chi connectivity index (χ2v) is 7.41. The largest absolute Gasteiger partial charge is 0.339 e. The van der Waals surface area contributed by atoms with Crippen molar-refractivity contribution >= 4 is 9.84 Å². The number of sulfone groups is 1. The molecule has 7 heteroatoms. The molecule has 1 aliphatic rings. The highest BCUT2D eigenvalue weighted by atomic mass is 32.2. The van der Waals surface area contributed by atoms with Gasteiger partial charge < -0.3 is 9.84 Å². The van der Waals surface area contributed by atoms with Gasteiger partial charge >= 0.3 is 0 Å². The van der Waals surface area contributed by atoms with Crippen LogP contribution < -0.4 is 5.32 Å². The molecular weight excluding hydrogens is 254 g/mol. The number of piperidine rings is 1. The van der Waals surface area contributed by atoms with E-state index in [-0.39, 0.29) is 11.7 Å². The Kier molecular flexibility index (Phi) is 3.72. The third kappa shape index (κ3) is 2.89. The molecule has 1 fully saturated rings. The molecule has 1 aromatic rings. The second-order valence-electron chi connectivity index (χ2n) is 5.04. The first kappa shape index (κ1) is 13.5. The van der Waals surface area contributed by atoms with E-state index in [1.165, 1.54) is 6.26 Å². The molecule has 0 spiro atoms. The monoisotopic (exact) mass is 273 g/mol. The lowest BCUT2D eigenvalue weighted by Gasteiger charge is -2.25. The van der Waals surface area contributed by atoms with Crippen LogP contribution in [-0.4, -0.2) is 37.4 Å². The molecule has 1 aliphatic heterocycles. The molecule has 18 heavy (non-hydrogen) atoms. The second kappa shape index (κ2) is 4.97. The standard InChI is InChI=1S/C11H19N3O3S/c1-7-6-9(4-5-12-7)11-13-10(14-17-11)8(2)18(3,15)16/h7-9,12H,4-6H2,1-3H3. The summed E-state index contributed by atoms with van der Waals surface area (Å²) in [5.74, 6) is 1.06. The number of nitrogens with zero attached hydrogens (tertiary/aromatic N) is 2. The SMILES string of the molecule is CC1CC(c2nc(C(C)S(C)(=O)=O)no2)CCN1. The van der Waals surface area contributed by atoms with Gasteiger partial charge in [0, 0.05) is 18.2 Å². The first-order chi connectivity index (χ1) is 8.38. The van der Waals surface area contributed by atoms with Crippen molar-refractivity contribution in [3.05, 3.63) is 11.7 Å². The molecular formula is C11H19N3O3S. The summed E-state index contributed by atoms with van der Waals surface area (Å²) < 4.78 is 28.1. The van der Waals surface area contributed by atoms with Crippen LogP contribution in [-0.2, 0) is 9.84 Å². The summed E-state index contributed by atoms with van der Waals surface area (Å²) in [6.45, 7) is 4.61. The average Bonchev–Trinajstić information content (AvgIpc) is 2.75. The summed E-state index contributed by atoms with van der Waals surface area (Å²) in [5, 5.41) is 6.43. The van der Waals surface area contributed by atoms with Crippen molar-refractivity contribution in [1.82, 2.24) is 15.5 Å². The van der Waals surface area contributed by atoms with Crippen LogP contribution in [0.15, 0.2) is 4.52 Å². The Bertz CT molecular complexity index is 511. The lowest BCUT2D eigenvalue weighted by molar-refractivity contribution is 0.294. The molecule has 1 N–H and O–H groups in total. The summed E-state index contributed by atoms with van der Waals surface area (Å²) in [6.07, 6.45) is 3.06. The number of aromatic nitrogens is 2. The van der Waals surface area contributed by atoms with Crippen molar-refractivity contribution in [2.45, 2.75) is 43.9 Å². The van der Waals surface area contributed by atoms with Crippen LogP contribution in [0.4, 0.5) is 0 Å². The van der Waals surface area contributed by atoms with Gasteiger partial charge in [0.05, 0.1) is 0 Å². The van der Waals surface area contributed by atoms with E-state index in [1.54, 1.807) is 6.92 Å². The molecule has 3 unspecified atom stereocenters. The Morgan fingerprint density at radius 3 is 2.83 bits per heavy atom. The third-order valence-electron chi connectivity index (χ3n) is 3.44. The van der Waals surface area contributed by atoms with Crippen molar-refractivity contribution in [2.75, 3.05) is 12.8 Å². The van der Waals surface area contributed by atoms with Crippen molar-refractivity contribution < 1.29 is 12.9 Å². The van der Waals surface area contributed by atoms with Crippen LogP contribution in [0.1, 0.15) is 49.6 Å². The number of nitrogens with one attached hydrogen (secondary N) is 1. The smallest absolute Gasteiger partial charge is 0.229 e. The predicted octanol–water partition coefficient (Wildman–Crippen LogP) is 1.03. The number of rotatable bonds is 3. The van der Waals surface area contributed by atoms with Crippen LogP contribution in [0.3, 0.4) is 0 Å². The minimum Gasteiger partial charge on any atom is -0.339 e. The fourth-order valence-corrected chi connectivity index (χ4v) is 2.60. The molecule has 0 aliphatic carbocycles. The molecule has 2 heterocycles. The Balaban J connectivity index is 2.15. The molecule has 1 aromatic heterocycles. The molecule has 0 radical (unpaired) electrons. The molecule has 0 aromatic carbocycles. The van der Waals surface area contributed by atoms with E-state index >= 15 is 0 Å². The van der Waals surface area contributed by atoms with Crippen LogP contribution in [0.25, 0.3) is 0 Å². The zero-order valence-corrected chi connectivity index (χ0v) is 11.7. The molecule has 0 saturated carbocycles. The predicted molar refractivity (Wildman–Crippen MR) is 67.0 cm³/mol. The van der Waals surface area contributed by atoms with Crippen LogP contribution in [0.5, 0.6) is 0 Å². The maximum Gasteiger partial charge on any atom is 0.229 e. The maximum atomic E-state index is 11.4. The summed E-state index contributed by atoms with van der Waals surface area (Å²) in [6, 6.07) is 0.423. The maximum absolute atomic E-state index is 11.4. The Morgan fingerprint density at radius 1 is 1.50 bits per heavy atom. The normalized spacial score (nSPS) is 27.1. The summed E-state index contributed by atoms with van der Waals surface area (Å²) in [7, 11) is -3.18. The molecule has 0 amide bonds. The minimum absolute atomic E-state index is 0.231. The van der Waals surface area contributed by atoms with E-state index in [1.807, 2.05) is 0 Å². The topological polar surface area (TPSA) is 85.1 Å². The molecule has 6 nitrogen and oxygen atoms in total. The van der Waals surface area contributed by atoms with Crippen molar-refractivity contribution in [2.24, 2.45) is 0 Å². The highest BCUT2D eigenvalue weighted by Gasteiger charge is 2.28. The number of hydrogen-bond acceptors (Lipinski definition) is 6. The Morgan fingerprint density at radius 2 is 2.22 bits per heavy atom. The van der Waals surface area contributed by atoms with Crippen molar-refractivity contribution in [1.29, 1.82) is 0 Å². The fourth-order valence-electron chi connectivity index (χ4n) is 2.13. The van der Waals surface area contributed by atoms with E-state index in [2.05, 4.69) is 22.4 Å². The van der Waals surface area contributed by atoms with Gasteiger partial charge in [-0.2, -0.15) is 4.98 Å². The minimum atomic E-state index is -3.18. The van der Waals surface area contributed by atoms with E-state index in [9.17, 15) is 8.42 Å². The van der Waals surface area contributed by atoms with Crippen LogP contribution in [0, 0.1) is 0 Å². The first-order valence-electron chi connectivity index (χ1n) is 6.13. The molecule has 0 bridgehead atoms. The van der Waals surface area contributed by atoms with Gasteiger partial charge in [-0.3, -0.25) is 0 Å². The van der Waals surface area contributed by atoms with Gasteiger partial charge in [-0.25, -0.2) is 8.42 Å². The van der Waals surface area contributed by atoms with E-state index in [0.29, 0.717) is 11.9 Å². The Labute approximate surface area is 107 Å². The third-order valence-corrected chi connectivity index (χ3v) is 4.93. The van der Waals surface area contributed by atoms with Crippen LogP contribution in [0.2, 0.25) is 0 Å². The van der Waals surface area contributed by atoms with E-state index < -0.39 is 15.1 Å². The van der Waals surface area contributed by atoms with E-state index in [4.69, 9.17) is 4.52 Å². The van der Waals surface area contributed by atoms with Gasteiger partial charge in [0.1, 0.15) is 5.25 Å². The molecule has 102 valence electrons. The van der Waals surface area contributed by atoms with Crippen molar-refractivity contribution in [3.8, 4) is 0 Å². The number of hydrogen-bond donors (Lipinski definition) is 1. The van der Waals surface area contributed by atoms with Gasteiger partial charge in [-0.05, 0) is 33.2 Å². The van der Waals surface area contributed by atoms with Gasteiger partial charge in [-0.15, -0.1) is 0 Å². The van der Waals surface area contributed by atoms with Gasteiger partial charge in [0.25, 0.3) is 0 Å². The highest BCUT2D eigenvalue weighted by Crippen LogP contribution is 2.28. The Hall–Kier alpha value is -0.950. The van der Waals surface area contributed by atoms with Gasteiger partial charge in [0.2, 0.25) is 5.89 Å². The summed E-state index contributed by atoms with van der Waals surface area (Å²) in [5.41, 5.74) is 0. The quantitative estimate of drug-likeness (QED) is 0.885. The molecule has 2 rings (SSSR count). The highest BCUT2D eigenvalue weighted by molar-refractivity contribution is 7.90. The van der Waals surface area contributed by atoms with Gasteiger partial charge in [0.15, 0.2) is 15.7 Å². The lowest BCUT2D eigenvalue weighted by atomic mass is 9.93. The zero-order valence-electron chi connectivity index (χ0n) is 10.9. The fraction of sp³-hybridized carbons (Fsp3) is 0.818. The van der Waals surface area contributed by atoms with Crippen LogP contribution >= 0.6 is 0 Å². The first-order valence-corrected chi connectivity index (χ1v) is 8.09. The molecule has 1 saturated heterocycles. The summed E-state index contributed by atoms with van der Waals surface area (Å²) >= 11 is 0. The summed E-state index contributed by atoms with van der Waals surface area (Å²) in [4.78, 5) is 4.25. The lowest BCUT2D eigenvalue weighted by Crippen LogP contribution is -2.34. The average molecular weight is 273 g/mol.